The number of halogens is 3. The van der Waals surface area contributed by atoms with Gasteiger partial charge in [-0.1, -0.05) is 0 Å². The Balaban J connectivity index is 2.10. The molecule has 0 radical (unpaired) electrons. The lowest BCUT2D eigenvalue weighted by Gasteiger charge is -2.11. The van der Waals surface area contributed by atoms with Crippen LogP contribution in [0.4, 0.5) is 18.9 Å². The van der Waals surface area contributed by atoms with Crippen LogP contribution in [0.25, 0.3) is 0 Å². The van der Waals surface area contributed by atoms with E-state index in [0.717, 1.165) is 25.1 Å². The quantitative estimate of drug-likeness (QED) is 0.779. The van der Waals surface area contributed by atoms with E-state index in [1.807, 2.05) is 0 Å². The van der Waals surface area contributed by atoms with Crippen LogP contribution in [0.5, 0.6) is 0 Å². The smallest absolute Gasteiger partial charge is 0.241 e. The highest BCUT2D eigenvalue weighted by Gasteiger charge is 2.22. The van der Waals surface area contributed by atoms with E-state index < -0.39 is 17.5 Å². The van der Waals surface area contributed by atoms with Gasteiger partial charge in [0.2, 0.25) is 5.91 Å². The van der Waals surface area contributed by atoms with Crippen molar-refractivity contribution in [2.45, 2.75) is 18.9 Å². The Kier molecular flexibility index (Phi) is 3.33. The first-order valence-electron chi connectivity index (χ1n) is 5.26. The van der Waals surface area contributed by atoms with Gasteiger partial charge in [-0.3, -0.25) is 4.79 Å². The second-order valence-electron chi connectivity index (χ2n) is 3.89. The van der Waals surface area contributed by atoms with E-state index in [2.05, 4.69) is 10.6 Å². The molecule has 6 heteroatoms. The van der Waals surface area contributed by atoms with Crippen LogP contribution in [0.3, 0.4) is 0 Å². The number of rotatable bonds is 2. The lowest BCUT2D eigenvalue weighted by atomic mass is 10.2. The molecule has 1 fully saturated rings. The third-order valence-electron chi connectivity index (χ3n) is 2.63. The van der Waals surface area contributed by atoms with Crippen LogP contribution in [0.1, 0.15) is 12.8 Å². The third kappa shape index (κ3) is 2.58. The predicted octanol–water partition coefficient (Wildman–Crippen LogP) is 1.79. The average Bonchev–Trinajstić information content (AvgIpc) is 2.79. The standard InChI is InChI=1S/C11H11F3N2O/c12-7-4-6(5-8(13)10(7)14)16-11(17)9-2-1-3-15-9/h4-5,9,15H,1-3H2,(H,16,17)/t9-/m1/s1. The van der Waals surface area contributed by atoms with Gasteiger partial charge in [0.05, 0.1) is 6.04 Å². The van der Waals surface area contributed by atoms with Crippen molar-refractivity contribution in [1.29, 1.82) is 0 Å². The molecule has 0 unspecified atom stereocenters. The summed E-state index contributed by atoms with van der Waals surface area (Å²) in [5.74, 6) is -4.55. The lowest BCUT2D eigenvalue weighted by molar-refractivity contribution is -0.117. The first kappa shape index (κ1) is 11.9. The number of amides is 1. The first-order chi connectivity index (χ1) is 8.08. The van der Waals surface area contributed by atoms with Gasteiger partial charge in [-0.25, -0.2) is 13.2 Å². The highest BCUT2D eigenvalue weighted by Crippen LogP contribution is 2.18. The van der Waals surface area contributed by atoms with E-state index in [1.165, 1.54) is 0 Å². The van der Waals surface area contributed by atoms with Gasteiger partial charge in [0.15, 0.2) is 17.5 Å². The molecule has 1 aliphatic rings. The number of nitrogens with one attached hydrogen (secondary N) is 2. The Morgan fingerprint density at radius 3 is 2.47 bits per heavy atom. The zero-order valence-corrected chi connectivity index (χ0v) is 8.90. The molecule has 1 atom stereocenters. The molecular formula is C11H11F3N2O. The number of anilines is 1. The van der Waals surface area contributed by atoms with Gasteiger partial charge in [-0.15, -0.1) is 0 Å². The molecule has 0 bridgehead atoms. The number of hydrogen-bond acceptors (Lipinski definition) is 2. The highest BCUT2D eigenvalue weighted by molar-refractivity contribution is 5.95. The molecule has 1 aromatic carbocycles. The molecule has 2 rings (SSSR count). The number of hydrogen-bond donors (Lipinski definition) is 2. The summed E-state index contributed by atoms with van der Waals surface area (Å²) in [5, 5.41) is 5.29. The summed E-state index contributed by atoms with van der Waals surface area (Å²) in [6.45, 7) is 0.740. The monoisotopic (exact) mass is 244 g/mol. The predicted molar refractivity (Wildman–Crippen MR) is 56.0 cm³/mol. The maximum atomic E-state index is 12.9. The van der Waals surface area contributed by atoms with E-state index in [1.54, 1.807) is 0 Å². The molecule has 1 amide bonds. The lowest BCUT2D eigenvalue weighted by Crippen LogP contribution is -2.35. The van der Waals surface area contributed by atoms with Crippen molar-refractivity contribution < 1.29 is 18.0 Å². The summed E-state index contributed by atoms with van der Waals surface area (Å²) in [4.78, 5) is 11.6. The zero-order valence-electron chi connectivity index (χ0n) is 8.90. The van der Waals surface area contributed by atoms with Crippen molar-refractivity contribution in [3.63, 3.8) is 0 Å². The van der Waals surface area contributed by atoms with Crippen LogP contribution in [-0.4, -0.2) is 18.5 Å². The molecule has 1 saturated heterocycles. The van der Waals surface area contributed by atoms with Gasteiger partial charge >= 0.3 is 0 Å². The summed E-state index contributed by atoms with van der Waals surface area (Å²) < 4.78 is 38.4. The molecule has 2 N–H and O–H groups in total. The van der Waals surface area contributed by atoms with Crippen LogP contribution in [0.2, 0.25) is 0 Å². The Bertz CT molecular complexity index is 421. The number of carbonyl (C=O) groups excluding carboxylic acids is 1. The topological polar surface area (TPSA) is 41.1 Å². The molecule has 1 heterocycles. The van der Waals surface area contributed by atoms with E-state index in [-0.39, 0.29) is 17.6 Å². The summed E-state index contributed by atoms with van der Waals surface area (Å²) in [5.41, 5.74) is -0.0832. The molecular weight excluding hydrogens is 233 g/mol. The first-order valence-corrected chi connectivity index (χ1v) is 5.26. The van der Waals surface area contributed by atoms with Gasteiger partial charge in [0.1, 0.15) is 0 Å². The highest BCUT2D eigenvalue weighted by atomic mass is 19.2. The van der Waals surface area contributed by atoms with Crippen molar-refractivity contribution in [2.24, 2.45) is 0 Å². The van der Waals surface area contributed by atoms with Crippen LogP contribution >= 0.6 is 0 Å². The van der Waals surface area contributed by atoms with Gasteiger partial charge in [-0.05, 0) is 19.4 Å². The normalized spacial score (nSPS) is 19.4. The second-order valence-corrected chi connectivity index (χ2v) is 3.89. The van der Waals surface area contributed by atoms with Crippen LogP contribution < -0.4 is 10.6 Å². The Morgan fingerprint density at radius 1 is 1.29 bits per heavy atom. The molecule has 0 saturated carbocycles. The van der Waals surface area contributed by atoms with Gasteiger partial charge < -0.3 is 10.6 Å². The number of benzene rings is 1. The summed E-state index contributed by atoms with van der Waals surface area (Å²) in [6.07, 6.45) is 1.56. The van der Waals surface area contributed by atoms with Crippen molar-refractivity contribution in [2.75, 3.05) is 11.9 Å². The molecule has 17 heavy (non-hydrogen) atoms. The Hall–Kier alpha value is -1.56. The molecule has 1 aliphatic heterocycles. The van der Waals surface area contributed by atoms with Crippen LogP contribution in [0.15, 0.2) is 12.1 Å². The van der Waals surface area contributed by atoms with E-state index >= 15 is 0 Å². The fraction of sp³-hybridized carbons (Fsp3) is 0.364. The molecule has 1 aromatic rings. The molecule has 0 aromatic heterocycles. The van der Waals surface area contributed by atoms with Gasteiger partial charge in [0, 0.05) is 17.8 Å². The minimum Gasteiger partial charge on any atom is -0.325 e. The minimum atomic E-state index is -1.54. The van der Waals surface area contributed by atoms with Crippen molar-refractivity contribution in [1.82, 2.24) is 5.32 Å². The zero-order chi connectivity index (χ0) is 12.4. The molecule has 3 nitrogen and oxygen atoms in total. The minimum absolute atomic E-state index is 0.0832. The Labute approximate surface area is 96.0 Å². The van der Waals surface area contributed by atoms with Crippen molar-refractivity contribution >= 4 is 11.6 Å². The summed E-state index contributed by atoms with van der Waals surface area (Å²) in [7, 11) is 0. The SMILES string of the molecule is O=C(Nc1cc(F)c(F)c(F)c1)[C@H]1CCCN1. The fourth-order valence-corrected chi connectivity index (χ4v) is 1.77. The van der Waals surface area contributed by atoms with Crippen molar-refractivity contribution in [3.05, 3.63) is 29.6 Å². The molecule has 92 valence electrons. The third-order valence-corrected chi connectivity index (χ3v) is 2.63. The molecule has 0 spiro atoms. The summed E-state index contributed by atoms with van der Waals surface area (Å²) in [6, 6.07) is 1.16. The van der Waals surface area contributed by atoms with Gasteiger partial charge in [-0.2, -0.15) is 0 Å². The van der Waals surface area contributed by atoms with Crippen LogP contribution in [0, 0.1) is 17.5 Å². The Morgan fingerprint density at radius 2 is 1.94 bits per heavy atom. The van der Waals surface area contributed by atoms with E-state index in [0.29, 0.717) is 6.42 Å². The average molecular weight is 244 g/mol. The van der Waals surface area contributed by atoms with Gasteiger partial charge in [0.25, 0.3) is 0 Å². The fourth-order valence-electron chi connectivity index (χ4n) is 1.77. The maximum Gasteiger partial charge on any atom is 0.241 e. The van der Waals surface area contributed by atoms with Crippen LogP contribution in [-0.2, 0) is 4.79 Å². The molecule has 0 aliphatic carbocycles. The largest absolute Gasteiger partial charge is 0.325 e. The summed E-state index contributed by atoms with van der Waals surface area (Å²) >= 11 is 0. The van der Waals surface area contributed by atoms with Crippen molar-refractivity contribution in [3.8, 4) is 0 Å². The van der Waals surface area contributed by atoms with E-state index in [4.69, 9.17) is 0 Å². The number of carbonyl (C=O) groups is 1. The maximum absolute atomic E-state index is 12.9. The van der Waals surface area contributed by atoms with E-state index in [9.17, 15) is 18.0 Å². The second kappa shape index (κ2) is 4.75.